The van der Waals surface area contributed by atoms with E-state index in [2.05, 4.69) is 5.32 Å². The molecule has 0 aliphatic heterocycles. The lowest BCUT2D eigenvalue weighted by atomic mass is 10.1. The van der Waals surface area contributed by atoms with Crippen molar-refractivity contribution < 1.29 is 13.6 Å². The van der Waals surface area contributed by atoms with Gasteiger partial charge in [0, 0.05) is 25.2 Å². The normalized spacial score (nSPS) is 10.6. The first-order valence-corrected chi connectivity index (χ1v) is 5.88. The molecule has 0 heterocycles. The Morgan fingerprint density at radius 1 is 1.33 bits per heavy atom. The van der Waals surface area contributed by atoms with E-state index in [4.69, 9.17) is 0 Å². The number of hydrogen-bond acceptors (Lipinski definition) is 2. The van der Waals surface area contributed by atoms with E-state index in [1.807, 2.05) is 13.8 Å². The zero-order valence-corrected chi connectivity index (χ0v) is 11.1. The lowest BCUT2D eigenvalue weighted by Gasteiger charge is -2.21. The number of nitrogens with one attached hydrogen (secondary N) is 1. The van der Waals surface area contributed by atoms with Crippen LogP contribution in [0.5, 0.6) is 0 Å². The Morgan fingerprint density at radius 2 is 1.83 bits per heavy atom. The van der Waals surface area contributed by atoms with E-state index in [-0.39, 0.29) is 17.3 Å². The zero-order chi connectivity index (χ0) is 13.9. The number of rotatable bonds is 4. The lowest BCUT2D eigenvalue weighted by molar-refractivity contribution is 0.0754. The molecule has 0 aliphatic rings. The molecule has 0 aromatic heterocycles. The average Bonchev–Trinajstić information content (AvgIpc) is 2.31. The summed E-state index contributed by atoms with van der Waals surface area (Å²) in [6, 6.07) is 2.09. The van der Waals surface area contributed by atoms with E-state index in [9.17, 15) is 13.6 Å². The van der Waals surface area contributed by atoms with Crippen molar-refractivity contribution in [3.63, 3.8) is 0 Å². The standard InChI is InChI=1S/C13H18F2N2O/c1-5-16-12-10(14)6-9(7-11(12)15)13(18)17(4)8(2)3/h6-8,16H,5H2,1-4H3. The molecule has 1 N–H and O–H groups in total. The summed E-state index contributed by atoms with van der Waals surface area (Å²) in [5.74, 6) is -1.90. The van der Waals surface area contributed by atoms with Gasteiger partial charge in [0.05, 0.1) is 0 Å². The molecule has 0 fully saturated rings. The molecule has 1 rings (SSSR count). The van der Waals surface area contributed by atoms with Crippen molar-refractivity contribution in [3.8, 4) is 0 Å². The van der Waals surface area contributed by atoms with E-state index < -0.39 is 17.5 Å². The first kappa shape index (κ1) is 14.4. The van der Waals surface area contributed by atoms with Crippen molar-refractivity contribution in [2.24, 2.45) is 0 Å². The number of nitrogens with zero attached hydrogens (tertiary/aromatic N) is 1. The van der Waals surface area contributed by atoms with Crippen LogP contribution < -0.4 is 5.32 Å². The molecule has 0 radical (unpaired) electrons. The summed E-state index contributed by atoms with van der Waals surface area (Å²) in [5.41, 5.74) is -0.177. The van der Waals surface area contributed by atoms with Crippen LogP contribution in [0, 0.1) is 11.6 Å². The quantitative estimate of drug-likeness (QED) is 0.898. The summed E-state index contributed by atoms with van der Waals surface area (Å²) in [6.45, 7) is 5.81. The molecule has 0 saturated heterocycles. The van der Waals surface area contributed by atoms with Crippen LogP contribution in [-0.4, -0.2) is 30.4 Å². The molecule has 0 unspecified atom stereocenters. The highest BCUT2D eigenvalue weighted by atomic mass is 19.1. The molecular formula is C13H18F2N2O. The number of benzene rings is 1. The summed E-state index contributed by atoms with van der Waals surface area (Å²) in [5, 5.41) is 2.59. The van der Waals surface area contributed by atoms with Crippen LogP contribution in [0.4, 0.5) is 14.5 Å². The maximum absolute atomic E-state index is 13.6. The number of anilines is 1. The van der Waals surface area contributed by atoms with Gasteiger partial charge in [0.15, 0.2) is 0 Å². The lowest BCUT2D eigenvalue weighted by Crippen LogP contribution is -2.33. The van der Waals surface area contributed by atoms with Gasteiger partial charge in [-0.3, -0.25) is 4.79 Å². The summed E-state index contributed by atoms with van der Waals surface area (Å²) in [4.78, 5) is 13.4. The Kier molecular flexibility index (Phi) is 4.64. The number of amides is 1. The average molecular weight is 256 g/mol. The van der Waals surface area contributed by atoms with Gasteiger partial charge in [0.25, 0.3) is 5.91 Å². The third kappa shape index (κ3) is 2.97. The molecule has 3 nitrogen and oxygen atoms in total. The Morgan fingerprint density at radius 3 is 2.22 bits per heavy atom. The second kappa shape index (κ2) is 5.80. The Labute approximate surface area is 106 Å². The third-order valence-electron chi connectivity index (χ3n) is 2.74. The molecule has 0 atom stereocenters. The Bertz CT molecular complexity index is 424. The van der Waals surface area contributed by atoms with Gasteiger partial charge in [-0.1, -0.05) is 0 Å². The minimum Gasteiger partial charge on any atom is -0.381 e. The molecule has 1 aromatic carbocycles. The van der Waals surface area contributed by atoms with Crippen molar-refractivity contribution in [2.45, 2.75) is 26.8 Å². The number of hydrogen-bond donors (Lipinski definition) is 1. The van der Waals surface area contributed by atoms with Gasteiger partial charge in [0.1, 0.15) is 17.3 Å². The maximum Gasteiger partial charge on any atom is 0.254 e. The van der Waals surface area contributed by atoms with Gasteiger partial charge < -0.3 is 10.2 Å². The summed E-state index contributed by atoms with van der Waals surface area (Å²) < 4.78 is 27.3. The van der Waals surface area contributed by atoms with E-state index in [1.165, 1.54) is 4.90 Å². The van der Waals surface area contributed by atoms with E-state index >= 15 is 0 Å². The molecule has 1 amide bonds. The molecule has 5 heteroatoms. The topological polar surface area (TPSA) is 32.3 Å². The highest BCUT2D eigenvalue weighted by Gasteiger charge is 2.18. The molecule has 0 aliphatic carbocycles. The van der Waals surface area contributed by atoms with E-state index in [0.717, 1.165) is 12.1 Å². The van der Waals surface area contributed by atoms with Gasteiger partial charge in [-0.05, 0) is 32.9 Å². The molecule has 100 valence electrons. The molecule has 0 spiro atoms. The van der Waals surface area contributed by atoms with Crippen LogP contribution in [-0.2, 0) is 0 Å². The second-order valence-electron chi connectivity index (χ2n) is 4.36. The van der Waals surface area contributed by atoms with E-state index in [0.29, 0.717) is 6.54 Å². The van der Waals surface area contributed by atoms with Crippen molar-refractivity contribution in [2.75, 3.05) is 18.9 Å². The molecule has 0 bridgehead atoms. The smallest absolute Gasteiger partial charge is 0.254 e. The first-order valence-electron chi connectivity index (χ1n) is 5.88. The summed E-state index contributed by atoms with van der Waals surface area (Å²) >= 11 is 0. The first-order chi connectivity index (χ1) is 8.38. The number of carbonyl (C=O) groups excluding carboxylic acids is 1. The fraction of sp³-hybridized carbons (Fsp3) is 0.462. The third-order valence-corrected chi connectivity index (χ3v) is 2.74. The van der Waals surface area contributed by atoms with E-state index in [1.54, 1.807) is 14.0 Å². The largest absolute Gasteiger partial charge is 0.381 e. The van der Waals surface area contributed by atoms with Crippen LogP contribution in [0.3, 0.4) is 0 Å². The second-order valence-corrected chi connectivity index (χ2v) is 4.36. The fourth-order valence-electron chi connectivity index (χ4n) is 1.48. The minimum absolute atomic E-state index is 0.0165. The SMILES string of the molecule is CCNc1c(F)cc(C(=O)N(C)C(C)C)cc1F. The molecule has 1 aromatic rings. The van der Waals surface area contributed by atoms with Gasteiger partial charge in [-0.2, -0.15) is 0 Å². The van der Waals surface area contributed by atoms with Crippen LogP contribution >= 0.6 is 0 Å². The summed E-state index contributed by atoms with van der Waals surface area (Å²) in [7, 11) is 1.60. The van der Waals surface area contributed by atoms with Crippen LogP contribution in [0.2, 0.25) is 0 Å². The van der Waals surface area contributed by atoms with Crippen molar-refractivity contribution in [1.82, 2.24) is 4.90 Å². The van der Waals surface area contributed by atoms with Crippen LogP contribution in [0.25, 0.3) is 0 Å². The number of carbonyl (C=O) groups is 1. The molecule has 18 heavy (non-hydrogen) atoms. The van der Waals surface area contributed by atoms with Gasteiger partial charge in [-0.25, -0.2) is 8.78 Å². The van der Waals surface area contributed by atoms with Crippen LogP contribution in [0.15, 0.2) is 12.1 Å². The predicted octanol–water partition coefficient (Wildman–Crippen LogP) is 2.88. The zero-order valence-electron chi connectivity index (χ0n) is 11.1. The highest BCUT2D eigenvalue weighted by Crippen LogP contribution is 2.21. The monoisotopic (exact) mass is 256 g/mol. The Hall–Kier alpha value is -1.65. The van der Waals surface area contributed by atoms with Crippen molar-refractivity contribution in [3.05, 3.63) is 29.3 Å². The molecule has 0 saturated carbocycles. The van der Waals surface area contributed by atoms with Crippen molar-refractivity contribution in [1.29, 1.82) is 0 Å². The number of halogens is 2. The van der Waals surface area contributed by atoms with Crippen LogP contribution in [0.1, 0.15) is 31.1 Å². The predicted molar refractivity (Wildman–Crippen MR) is 67.8 cm³/mol. The van der Waals surface area contributed by atoms with Crippen molar-refractivity contribution >= 4 is 11.6 Å². The fourth-order valence-corrected chi connectivity index (χ4v) is 1.48. The summed E-state index contributed by atoms with van der Waals surface area (Å²) in [6.07, 6.45) is 0. The van der Waals surface area contributed by atoms with Gasteiger partial charge in [0.2, 0.25) is 0 Å². The maximum atomic E-state index is 13.6. The molecular weight excluding hydrogens is 238 g/mol. The van der Waals surface area contributed by atoms with Gasteiger partial charge in [-0.15, -0.1) is 0 Å². The van der Waals surface area contributed by atoms with Gasteiger partial charge >= 0.3 is 0 Å². The minimum atomic E-state index is -0.752. The Balaban J connectivity index is 3.10. The highest BCUT2D eigenvalue weighted by molar-refractivity contribution is 5.94.